The van der Waals surface area contributed by atoms with Crippen LogP contribution in [0.5, 0.6) is 0 Å². The van der Waals surface area contributed by atoms with Crippen LogP contribution in [0.4, 0.5) is 0 Å². The first-order valence-electron chi connectivity index (χ1n) is 6.32. The highest BCUT2D eigenvalue weighted by Crippen LogP contribution is 2.37. The van der Waals surface area contributed by atoms with Crippen LogP contribution < -0.4 is 5.73 Å². The number of carbonyl (C=O) groups excluding carboxylic acids is 1. The molecule has 2 aliphatic rings. The van der Waals surface area contributed by atoms with E-state index in [0.29, 0.717) is 24.9 Å². The van der Waals surface area contributed by atoms with Gasteiger partial charge in [-0.05, 0) is 44.6 Å². The smallest absolute Gasteiger partial charge is 0.222 e. The van der Waals surface area contributed by atoms with Gasteiger partial charge < -0.3 is 10.6 Å². The zero-order valence-corrected chi connectivity index (χ0v) is 9.45. The number of nitrogens with zero attached hydrogens (tertiary/aromatic N) is 1. The number of amides is 1. The normalized spacial score (nSPS) is 26.7. The summed E-state index contributed by atoms with van der Waals surface area (Å²) in [5.41, 5.74) is 5.44. The maximum Gasteiger partial charge on any atom is 0.222 e. The van der Waals surface area contributed by atoms with Crippen molar-refractivity contribution >= 4 is 5.91 Å². The van der Waals surface area contributed by atoms with Gasteiger partial charge in [-0.25, -0.2) is 0 Å². The summed E-state index contributed by atoms with van der Waals surface area (Å²) in [6.07, 6.45) is 7.98. The Morgan fingerprint density at radius 1 is 1.27 bits per heavy atom. The predicted octanol–water partition coefficient (Wildman–Crippen LogP) is 1.52. The molecule has 3 heteroatoms. The number of likely N-dealkylation sites (tertiary alicyclic amines) is 1. The van der Waals surface area contributed by atoms with Crippen LogP contribution in [0.1, 0.15) is 44.9 Å². The van der Waals surface area contributed by atoms with Gasteiger partial charge in [-0.15, -0.1) is 0 Å². The molecule has 1 aliphatic carbocycles. The second kappa shape index (κ2) is 4.97. The summed E-state index contributed by atoms with van der Waals surface area (Å²) in [6, 6.07) is 0.573. The van der Waals surface area contributed by atoms with E-state index in [4.69, 9.17) is 5.73 Å². The fraction of sp³-hybridized carbons (Fsp3) is 0.917. The molecule has 1 atom stereocenters. The lowest BCUT2D eigenvalue weighted by Crippen LogP contribution is -2.42. The Labute approximate surface area is 92.0 Å². The van der Waals surface area contributed by atoms with E-state index in [0.717, 1.165) is 18.9 Å². The number of hydrogen-bond acceptors (Lipinski definition) is 2. The zero-order chi connectivity index (χ0) is 10.7. The molecule has 2 fully saturated rings. The first-order valence-corrected chi connectivity index (χ1v) is 6.32. The maximum atomic E-state index is 11.9. The highest BCUT2D eigenvalue weighted by Gasteiger charge is 2.36. The van der Waals surface area contributed by atoms with Crippen molar-refractivity contribution in [1.82, 2.24) is 4.90 Å². The molecule has 2 rings (SSSR count). The van der Waals surface area contributed by atoms with Gasteiger partial charge in [0.15, 0.2) is 0 Å². The Morgan fingerprint density at radius 2 is 2.07 bits per heavy atom. The van der Waals surface area contributed by atoms with Crippen molar-refractivity contribution in [2.24, 2.45) is 11.7 Å². The van der Waals surface area contributed by atoms with Crippen molar-refractivity contribution in [2.45, 2.75) is 51.0 Å². The van der Waals surface area contributed by atoms with E-state index in [2.05, 4.69) is 4.90 Å². The molecule has 0 aromatic carbocycles. The Morgan fingerprint density at radius 3 is 2.67 bits per heavy atom. The van der Waals surface area contributed by atoms with E-state index in [1.807, 2.05) is 0 Å². The summed E-state index contributed by atoms with van der Waals surface area (Å²) < 4.78 is 0. The molecule has 3 nitrogen and oxygen atoms in total. The largest absolute Gasteiger partial charge is 0.339 e. The Hall–Kier alpha value is -0.570. The third kappa shape index (κ3) is 2.33. The minimum atomic E-state index is 0.342. The van der Waals surface area contributed by atoms with Crippen LogP contribution in [0.2, 0.25) is 0 Å². The summed E-state index contributed by atoms with van der Waals surface area (Å²) in [5, 5.41) is 0. The topological polar surface area (TPSA) is 46.3 Å². The van der Waals surface area contributed by atoms with Crippen molar-refractivity contribution in [2.75, 3.05) is 13.1 Å². The van der Waals surface area contributed by atoms with Crippen LogP contribution in [-0.4, -0.2) is 29.9 Å². The molecule has 0 spiro atoms. The molecule has 1 heterocycles. The second-order valence-corrected chi connectivity index (χ2v) is 4.88. The fourth-order valence-electron chi connectivity index (χ4n) is 2.81. The standard InChI is InChI=1S/C12H22N2O/c13-8-2-7-12(15)14-9-3-6-11(14)10-4-1-5-10/h10-11H,1-9,13H2/t11-/m0/s1. The van der Waals surface area contributed by atoms with Crippen LogP contribution in [-0.2, 0) is 4.79 Å². The van der Waals surface area contributed by atoms with Gasteiger partial charge in [0.05, 0.1) is 0 Å². The van der Waals surface area contributed by atoms with Gasteiger partial charge in [0.1, 0.15) is 0 Å². The van der Waals surface area contributed by atoms with E-state index >= 15 is 0 Å². The van der Waals surface area contributed by atoms with Crippen molar-refractivity contribution in [3.05, 3.63) is 0 Å². The molecule has 86 valence electrons. The molecule has 1 amide bonds. The van der Waals surface area contributed by atoms with Gasteiger partial charge in [0.25, 0.3) is 0 Å². The van der Waals surface area contributed by atoms with Crippen LogP contribution >= 0.6 is 0 Å². The van der Waals surface area contributed by atoms with Gasteiger partial charge in [0.2, 0.25) is 5.91 Å². The number of hydrogen-bond donors (Lipinski definition) is 1. The first-order chi connectivity index (χ1) is 7.33. The van der Waals surface area contributed by atoms with Gasteiger partial charge >= 0.3 is 0 Å². The van der Waals surface area contributed by atoms with E-state index < -0.39 is 0 Å². The van der Waals surface area contributed by atoms with Crippen LogP contribution in [0.3, 0.4) is 0 Å². The molecule has 0 aromatic rings. The molecule has 15 heavy (non-hydrogen) atoms. The molecule has 0 bridgehead atoms. The number of carbonyl (C=O) groups is 1. The first kappa shape index (κ1) is 10.9. The fourth-order valence-corrected chi connectivity index (χ4v) is 2.81. The average molecular weight is 210 g/mol. The van der Waals surface area contributed by atoms with Crippen LogP contribution in [0.15, 0.2) is 0 Å². The third-order valence-corrected chi connectivity index (χ3v) is 3.91. The summed E-state index contributed by atoms with van der Waals surface area (Å²) in [4.78, 5) is 14.1. The van der Waals surface area contributed by atoms with Gasteiger partial charge in [-0.1, -0.05) is 6.42 Å². The predicted molar refractivity (Wildman–Crippen MR) is 60.4 cm³/mol. The number of nitrogens with two attached hydrogens (primary N) is 1. The molecule has 1 aliphatic heterocycles. The summed E-state index contributed by atoms with van der Waals surface area (Å²) in [6.45, 7) is 1.62. The average Bonchev–Trinajstić information content (AvgIpc) is 2.60. The van der Waals surface area contributed by atoms with E-state index in [1.54, 1.807) is 0 Å². The van der Waals surface area contributed by atoms with E-state index in [1.165, 1.54) is 32.1 Å². The van der Waals surface area contributed by atoms with Gasteiger partial charge in [0, 0.05) is 19.0 Å². The minimum absolute atomic E-state index is 0.342. The molecular weight excluding hydrogens is 188 g/mol. The Balaban J connectivity index is 1.86. The second-order valence-electron chi connectivity index (χ2n) is 4.88. The van der Waals surface area contributed by atoms with E-state index in [-0.39, 0.29) is 0 Å². The lowest BCUT2D eigenvalue weighted by atomic mass is 9.79. The van der Waals surface area contributed by atoms with Crippen molar-refractivity contribution in [1.29, 1.82) is 0 Å². The molecular formula is C12H22N2O. The summed E-state index contributed by atoms with van der Waals surface area (Å²) in [7, 11) is 0. The minimum Gasteiger partial charge on any atom is -0.339 e. The van der Waals surface area contributed by atoms with Crippen molar-refractivity contribution in [3.63, 3.8) is 0 Å². The lowest BCUT2D eigenvalue weighted by Gasteiger charge is -2.37. The molecule has 2 N–H and O–H groups in total. The molecule has 0 aromatic heterocycles. The molecule has 1 saturated heterocycles. The van der Waals surface area contributed by atoms with E-state index in [9.17, 15) is 4.79 Å². The third-order valence-electron chi connectivity index (χ3n) is 3.91. The zero-order valence-electron chi connectivity index (χ0n) is 9.45. The SMILES string of the molecule is NCCCC(=O)N1CCC[C@H]1C1CCC1. The molecule has 0 radical (unpaired) electrons. The number of rotatable bonds is 4. The maximum absolute atomic E-state index is 11.9. The lowest BCUT2D eigenvalue weighted by molar-refractivity contribution is -0.133. The molecule has 1 saturated carbocycles. The monoisotopic (exact) mass is 210 g/mol. The Kier molecular flexibility index (Phi) is 3.62. The van der Waals surface area contributed by atoms with Crippen LogP contribution in [0, 0.1) is 5.92 Å². The summed E-state index contributed by atoms with van der Waals surface area (Å²) in [5.74, 6) is 1.16. The van der Waals surface area contributed by atoms with Gasteiger partial charge in [-0.2, -0.15) is 0 Å². The Bertz CT molecular complexity index is 226. The molecule has 0 unspecified atom stereocenters. The van der Waals surface area contributed by atoms with Crippen LogP contribution in [0.25, 0.3) is 0 Å². The highest BCUT2D eigenvalue weighted by molar-refractivity contribution is 5.76. The summed E-state index contributed by atoms with van der Waals surface area (Å²) >= 11 is 0. The van der Waals surface area contributed by atoms with Crippen molar-refractivity contribution < 1.29 is 4.79 Å². The highest BCUT2D eigenvalue weighted by atomic mass is 16.2. The quantitative estimate of drug-likeness (QED) is 0.764. The van der Waals surface area contributed by atoms with Gasteiger partial charge in [-0.3, -0.25) is 4.79 Å². The van der Waals surface area contributed by atoms with Crippen molar-refractivity contribution in [3.8, 4) is 0 Å².